The molecule has 0 radical (unpaired) electrons. The topological polar surface area (TPSA) is 17.1 Å². The summed E-state index contributed by atoms with van der Waals surface area (Å²) in [6.07, 6.45) is 0.664. The summed E-state index contributed by atoms with van der Waals surface area (Å²) < 4.78 is 0. The van der Waals surface area contributed by atoms with Gasteiger partial charge in [0.05, 0.1) is 0 Å². The van der Waals surface area contributed by atoms with Gasteiger partial charge in [-0.2, -0.15) is 0 Å². The highest BCUT2D eigenvalue weighted by Gasteiger charge is 1.99. The molecular weight excluding hydrogens is 132 g/mol. The molecule has 0 bridgehead atoms. The molecule has 0 rings (SSSR count). The first-order valence-corrected chi connectivity index (χ1v) is 4.31. The van der Waals surface area contributed by atoms with E-state index in [1.165, 1.54) is 11.8 Å². The second kappa shape index (κ2) is 4.86. The summed E-state index contributed by atoms with van der Waals surface area (Å²) in [5.41, 5.74) is 0. The molecule has 0 aliphatic carbocycles. The number of hydrogen-bond donors (Lipinski definition) is 0. The van der Waals surface area contributed by atoms with Crippen molar-refractivity contribution in [1.29, 1.82) is 0 Å². The summed E-state index contributed by atoms with van der Waals surface area (Å²) >= 11 is 1.45. The fourth-order valence-corrected chi connectivity index (χ4v) is 1.09. The van der Waals surface area contributed by atoms with Crippen LogP contribution in [0.2, 0.25) is 0 Å². The highest BCUT2D eigenvalue weighted by atomic mass is 32.2. The second-order valence-electron chi connectivity index (χ2n) is 2.43. The average molecular weight is 146 g/mol. The third-order valence-electron chi connectivity index (χ3n) is 0.866. The third-order valence-corrected chi connectivity index (χ3v) is 2.31. The number of carbonyl (C=O) groups excluding carboxylic acids is 1. The zero-order chi connectivity index (χ0) is 7.28. The minimum Gasteiger partial charge on any atom is -0.287 e. The molecule has 0 aromatic carbocycles. The van der Waals surface area contributed by atoms with Crippen molar-refractivity contribution in [3.63, 3.8) is 0 Å². The maximum atomic E-state index is 10.7. The Morgan fingerprint density at radius 2 is 2.11 bits per heavy atom. The molecule has 0 saturated carbocycles. The monoisotopic (exact) mass is 146 g/mol. The first kappa shape index (κ1) is 9.02. The van der Waals surface area contributed by atoms with Crippen molar-refractivity contribution in [1.82, 2.24) is 0 Å². The van der Waals surface area contributed by atoms with Crippen molar-refractivity contribution in [3.8, 4) is 0 Å². The fraction of sp³-hybridized carbons (Fsp3) is 0.857. The van der Waals surface area contributed by atoms with Crippen molar-refractivity contribution in [2.75, 3.05) is 5.75 Å². The summed E-state index contributed by atoms with van der Waals surface area (Å²) in [7, 11) is 0. The summed E-state index contributed by atoms with van der Waals surface area (Å²) in [5.74, 6) is 1.60. The maximum Gasteiger partial charge on any atom is 0.188 e. The molecule has 0 unspecified atom stereocenters. The van der Waals surface area contributed by atoms with Crippen LogP contribution in [0.4, 0.5) is 0 Å². The van der Waals surface area contributed by atoms with Crippen LogP contribution in [0.5, 0.6) is 0 Å². The van der Waals surface area contributed by atoms with Gasteiger partial charge in [-0.15, -0.1) is 0 Å². The van der Waals surface area contributed by atoms with E-state index in [2.05, 4.69) is 13.8 Å². The molecule has 0 aromatic heterocycles. The Bertz CT molecular complexity index is 88.9. The van der Waals surface area contributed by atoms with E-state index in [0.717, 1.165) is 5.75 Å². The zero-order valence-corrected chi connectivity index (χ0v) is 7.12. The van der Waals surface area contributed by atoms with Crippen molar-refractivity contribution in [2.24, 2.45) is 5.92 Å². The molecule has 1 nitrogen and oxygen atoms in total. The van der Waals surface area contributed by atoms with E-state index >= 15 is 0 Å². The van der Waals surface area contributed by atoms with Gasteiger partial charge < -0.3 is 0 Å². The van der Waals surface area contributed by atoms with Crippen molar-refractivity contribution in [3.05, 3.63) is 0 Å². The summed E-state index contributed by atoms with van der Waals surface area (Å²) in [4.78, 5) is 10.7. The molecule has 54 valence electrons. The lowest BCUT2D eigenvalue weighted by molar-refractivity contribution is -0.110. The van der Waals surface area contributed by atoms with Crippen LogP contribution in [-0.4, -0.2) is 10.9 Å². The number of hydrogen-bond acceptors (Lipinski definition) is 2. The van der Waals surface area contributed by atoms with Gasteiger partial charge in [0.25, 0.3) is 0 Å². The van der Waals surface area contributed by atoms with Gasteiger partial charge in [-0.25, -0.2) is 0 Å². The fourth-order valence-electron chi connectivity index (χ4n) is 0.362. The number of carbonyl (C=O) groups is 1. The molecule has 0 heterocycles. The smallest absolute Gasteiger partial charge is 0.188 e. The quantitative estimate of drug-likeness (QED) is 0.607. The Labute approximate surface area is 61.2 Å². The molecule has 2 heteroatoms. The molecule has 0 aromatic rings. The lowest BCUT2D eigenvalue weighted by Crippen LogP contribution is -1.95. The Morgan fingerprint density at radius 1 is 1.56 bits per heavy atom. The van der Waals surface area contributed by atoms with Gasteiger partial charge in [-0.1, -0.05) is 32.5 Å². The minimum absolute atomic E-state index is 0.309. The van der Waals surface area contributed by atoms with Crippen molar-refractivity contribution >= 4 is 16.9 Å². The van der Waals surface area contributed by atoms with Gasteiger partial charge in [0.15, 0.2) is 5.12 Å². The minimum atomic E-state index is 0.309. The zero-order valence-electron chi connectivity index (χ0n) is 6.31. The van der Waals surface area contributed by atoms with Gasteiger partial charge in [0.2, 0.25) is 0 Å². The second-order valence-corrected chi connectivity index (χ2v) is 3.51. The normalized spacial score (nSPS) is 10.2. The van der Waals surface area contributed by atoms with Gasteiger partial charge >= 0.3 is 0 Å². The first-order chi connectivity index (χ1) is 4.16. The molecule has 0 amide bonds. The van der Waals surface area contributed by atoms with Gasteiger partial charge in [-0.05, 0) is 5.92 Å². The predicted molar refractivity (Wildman–Crippen MR) is 42.6 cm³/mol. The first-order valence-electron chi connectivity index (χ1n) is 3.32. The third kappa shape index (κ3) is 5.90. The van der Waals surface area contributed by atoms with Crippen LogP contribution >= 0.6 is 11.8 Å². The summed E-state index contributed by atoms with van der Waals surface area (Å²) in [5, 5.41) is 0.309. The van der Waals surface area contributed by atoms with Gasteiger partial charge in [0.1, 0.15) is 0 Å². The lowest BCUT2D eigenvalue weighted by Gasteiger charge is -2.00. The predicted octanol–water partition coefficient (Wildman–Crippen LogP) is 2.31. The highest BCUT2D eigenvalue weighted by molar-refractivity contribution is 8.13. The highest BCUT2D eigenvalue weighted by Crippen LogP contribution is 2.09. The van der Waals surface area contributed by atoms with E-state index in [9.17, 15) is 4.79 Å². The van der Waals surface area contributed by atoms with Gasteiger partial charge in [0, 0.05) is 12.2 Å². The summed E-state index contributed by atoms with van der Waals surface area (Å²) in [6.45, 7) is 6.14. The molecule has 0 atom stereocenters. The van der Waals surface area contributed by atoms with E-state index in [0.29, 0.717) is 17.5 Å². The Kier molecular flexibility index (Phi) is 4.87. The van der Waals surface area contributed by atoms with Gasteiger partial charge in [-0.3, -0.25) is 4.79 Å². The molecule has 0 N–H and O–H groups in total. The maximum absolute atomic E-state index is 10.7. The molecular formula is C7H14OS. The van der Waals surface area contributed by atoms with E-state index in [-0.39, 0.29) is 0 Å². The molecule has 0 saturated heterocycles. The van der Waals surface area contributed by atoms with Crippen LogP contribution in [-0.2, 0) is 4.79 Å². The lowest BCUT2D eigenvalue weighted by atomic mass is 10.3. The molecule has 0 aliphatic rings. The standard InChI is InChI=1S/C7H14OS/c1-4-7(8)9-5-6(2)3/h6H,4-5H2,1-3H3. The van der Waals surface area contributed by atoms with E-state index < -0.39 is 0 Å². The Morgan fingerprint density at radius 3 is 2.44 bits per heavy atom. The molecule has 0 aliphatic heterocycles. The number of thioether (sulfide) groups is 1. The van der Waals surface area contributed by atoms with E-state index in [1.54, 1.807) is 0 Å². The Balaban J connectivity index is 3.17. The van der Waals surface area contributed by atoms with Crippen LogP contribution in [0.25, 0.3) is 0 Å². The number of rotatable bonds is 3. The van der Waals surface area contributed by atoms with Crippen molar-refractivity contribution < 1.29 is 4.79 Å². The van der Waals surface area contributed by atoms with Crippen LogP contribution in [0, 0.1) is 5.92 Å². The Hall–Kier alpha value is 0.0200. The van der Waals surface area contributed by atoms with Crippen molar-refractivity contribution in [2.45, 2.75) is 27.2 Å². The molecule has 0 fully saturated rings. The van der Waals surface area contributed by atoms with Crippen LogP contribution in [0.1, 0.15) is 27.2 Å². The largest absolute Gasteiger partial charge is 0.287 e. The molecule has 0 spiro atoms. The van der Waals surface area contributed by atoms with E-state index in [1.807, 2.05) is 6.92 Å². The van der Waals surface area contributed by atoms with Crippen LogP contribution in [0.3, 0.4) is 0 Å². The van der Waals surface area contributed by atoms with E-state index in [4.69, 9.17) is 0 Å². The van der Waals surface area contributed by atoms with Crippen LogP contribution in [0.15, 0.2) is 0 Å². The summed E-state index contributed by atoms with van der Waals surface area (Å²) in [6, 6.07) is 0. The van der Waals surface area contributed by atoms with Crippen LogP contribution < -0.4 is 0 Å². The SMILES string of the molecule is CCC(=O)SCC(C)C. The average Bonchev–Trinajstić information content (AvgIpc) is 1.83. The molecule has 9 heavy (non-hydrogen) atoms.